The first-order chi connectivity index (χ1) is 13.6. The normalized spacial score (nSPS) is 17.1. The van der Waals surface area contributed by atoms with Crippen LogP contribution in [0.4, 0.5) is 15.6 Å². The Kier molecular flexibility index (Phi) is 5.38. The summed E-state index contributed by atoms with van der Waals surface area (Å²) < 4.78 is 0.813. The molecular formula is C20H22N4O3S. The van der Waals surface area contributed by atoms with Crippen LogP contribution >= 0.6 is 11.3 Å². The Morgan fingerprint density at radius 1 is 1.14 bits per heavy atom. The molecule has 1 saturated heterocycles. The highest BCUT2D eigenvalue weighted by atomic mass is 32.1. The average molecular weight is 398 g/mol. The summed E-state index contributed by atoms with van der Waals surface area (Å²) in [6, 6.07) is 5.11. The summed E-state index contributed by atoms with van der Waals surface area (Å²) >= 11 is 1.27. The summed E-state index contributed by atoms with van der Waals surface area (Å²) in [5, 5.41) is 6.11. The van der Waals surface area contributed by atoms with Gasteiger partial charge < -0.3 is 10.6 Å². The number of carbonyl (C=O) groups is 3. The molecule has 0 atom stereocenters. The van der Waals surface area contributed by atoms with Crippen LogP contribution in [-0.2, 0) is 9.59 Å². The molecule has 1 aliphatic heterocycles. The third kappa shape index (κ3) is 4.06. The molecule has 0 bridgehead atoms. The maximum Gasteiger partial charge on any atom is 0.319 e. The zero-order valence-corrected chi connectivity index (χ0v) is 16.3. The maximum absolute atomic E-state index is 12.1. The number of fused-ring (bicyclic) bond motifs is 1. The molecule has 2 aromatic rings. The number of anilines is 2. The Hall–Kier alpha value is -2.74. The van der Waals surface area contributed by atoms with Crippen LogP contribution in [0.15, 0.2) is 29.8 Å². The number of nitrogens with zero attached hydrogens (tertiary/aromatic N) is 2. The molecule has 8 heteroatoms. The zero-order valence-electron chi connectivity index (χ0n) is 15.5. The Bertz CT molecular complexity index is 950. The molecule has 0 unspecified atom stereocenters. The molecule has 146 valence electrons. The third-order valence-corrected chi connectivity index (χ3v) is 6.00. The first-order valence-electron chi connectivity index (χ1n) is 9.59. The minimum absolute atomic E-state index is 0.213. The second-order valence-corrected chi connectivity index (χ2v) is 8.05. The van der Waals surface area contributed by atoms with E-state index in [0.717, 1.165) is 28.9 Å². The van der Waals surface area contributed by atoms with Crippen molar-refractivity contribution < 1.29 is 14.4 Å². The highest BCUT2D eigenvalue weighted by Gasteiger charge is 2.32. The van der Waals surface area contributed by atoms with E-state index in [9.17, 15) is 14.4 Å². The Morgan fingerprint density at radius 3 is 2.71 bits per heavy atom. The monoisotopic (exact) mass is 398 g/mol. The summed E-state index contributed by atoms with van der Waals surface area (Å²) in [7, 11) is 0. The summed E-state index contributed by atoms with van der Waals surface area (Å²) in [6.07, 6.45) is 8.43. The van der Waals surface area contributed by atoms with Gasteiger partial charge in [0.25, 0.3) is 0 Å². The predicted molar refractivity (Wildman–Crippen MR) is 110 cm³/mol. The van der Waals surface area contributed by atoms with Crippen molar-refractivity contribution in [3.05, 3.63) is 29.8 Å². The molecule has 1 aromatic carbocycles. The van der Waals surface area contributed by atoms with E-state index in [0.29, 0.717) is 22.9 Å². The number of hydrogen-bond donors (Lipinski definition) is 2. The van der Waals surface area contributed by atoms with Gasteiger partial charge >= 0.3 is 6.03 Å². The molecule has 2 heterocycles. The smallest absolute Gasteiger partial charge is 0.319 e. The van der Waals surface area contributed by atoms with Crippen molar-refractivity contribution in [3.8, 4) is 0 Å². The molecule has 1 aliphatic carbocycles. The largest absolute Gasteiger partial charge is 0.338 e. The molecule has 0 spiro atoms. The number of aromatic nitrogens is 1. The van der Waals surface area contributed by atoms with Crippen molar-refractivity contribution >= 4 is 50.2 Å². The van der Waals surface area contributed by atoms with Crippen LogP contribution in [0.1, 0.15) is 44.9 Å². The lowest BCUT2D eigenvalue weighted by molar-refractivity contribution is -0.121. The number of rotatable bonds is 5. The molecule has 4 amide bonds. The van der Waals surface area contributed by atoms with E-state index in [2.05, 4.69) is 21.7 Å². The van der Waals surface area contributed by atoms with Crippen LogP contribution in [0.3, 0.4) is 0 Å². The van der Waals surface area contributed by atoms with Gasteiger partial charge in [-0.05, 0) is 50.3 Å². The van der Waals surface area contributed by atoms with Gasteiger partial charge in [-0.15, -0.1) is 0 Å². The van der Waals surface area contributed by atoms with Crippen molar-refractivity contribution in [1.29, 1.82) is 0 Å². The second kappa shape index (κ2) is 8.10. The Balaban J connectivity index is 1.37. The van der Waals surface area contributed by atoms with Crippen LogP contribution in [0.25, 0.3) is 10.2 Å². The quantitative estimate of drug-likeness (QED) is 0.589. The molecule has 1 aromatic heterocycles. The van der Waals surface area contributed by atoms with Crippen molar-refractivity contribution in [2.45, 2.75) is 44.9 Å². The van der Waals surface area contributed by atoms with E-state index in [-0.39, 0.29) is 30.7 Å². The summed E-state index contributed by atoms with van der Waals surface area (Å²) in [6.45, 7) is 0.615. The fourth-order valence-corrected chi connectivity index (χ4v) is 4.56. The summed E-state index contributed by atoms with van der Waals surface area (Å²) in [5.74, 6) is -0.426. The number of nitrogens with one attached hydrogen (secondary N) is 2. The van der Waals surface area contributed by atoms with E-state index in [1.54, 1.807) is 12.1 Å². The van der Waals surface area contributed by atoms with Crippen molar-refractivity contribution in [1.82, 2.24) is 10.3 Å². The van der Waals surface area contributed by atoms with Gasteiger partial charge in [-0.2, -0.15) is 0 Å². The van der Waals surface area contributed by atoms with E-state index < -0.39 is 0 Å². The highest BCUT2D eigenvalue weighted by molar-refractivity contribution is 7.22. The first-order valence-corrected chi connectivity index (χ1v) is 10.4. The molecule has 0 radical (unpaired) electrons. The minimum atomic E-state index is -0.245. The predicted octanol–water partition coefficient (Wildman–Crippen LogP) is 3.96. The molecule has 0 saturated carbocycles. The van der Waals surface area contributed by atoms with Crippen molar-refractivity contribution in [2.75, 3.05) is 16.8 Å². The number of carbonyl (C=O) groups excluding carboxylic acids is 3. The lowest BCUT2D eigenvalue weighted by Crippen LogP contribution is -2.29. The van der Waals surface area contributed by atoms with Gasteiger partial charge in [0.1, 0.15) is 0 Å². The number of allylic oxidation sites excluding steroid dienone is 1. The van der Waals surface area contributed by atoms with Crippen LogP contribution < -0.4 is 15.5 Å². The molecule has 7 nitrogen and oxygen atoms in total. The molecule has 2 N–H and O–H groups in total. The number of thiazole rings is 1. The van der Waals surface area contributed by atoms with Gasteiger partial charge in [0, 0.05) is 25.1 Å². The zero-order chi connectivity index (χ0) is 19.5. The van der Waals surface area contributed by atoms with Crippen LogP contribution in [0.5, 0.6) is 0 Å². The first kappa shape index (κ1) is 18.6. The fraction of sp³-hybridized carbons (Fsp3) is 0.400. The minimum Gasteiger partial charge on any atom is -0.338 e. The summed E-state index contributed by atoms with van der Waals surface area (Å²) in [5.41, 5.74) is 2.77. The van der Waals surface area contributed by atoms with Gasteiger partial charge in [-0.1, -0.05) is 23.0 Å². The number of amides is 4. The number of urea groups is 1. The van der Waals surface area contributed by atoms with Crippen LogP contribution in [0, 0.1) is 0 Å². The lowest BCUT2D eigenvalue weighted by Gasteiger charge is -2.13. The van der Waals surface area contributed by atoms with Gasteiger partial charge in [-0.3, -0.25) is 9.59 Å². The molecule has 28 heavy (non-hydrogen) atoms. The maximum atomic E-state index is 12.1. The molecule has 2 aliphatic rings. The van der Waals surface area contributed by atoms with Gasteiger partial charge in [0.2, 0.25) is 11.8 Å². The van der Waals surface area contributed by atoms with E-state index >= 15 is 0 Å². The SMILES string of the molecule is O=C(NCCC1=CCCCC1)Nc1ccc2nc(N3C(=O)CCC3=O)sc2c1. The molecule has 1 fully saturated rings. The van der Waals surface area contributed by atoms with Crippen LogP contribution in [0.2, 0.25) is 0 Å². The van der Waals surface area contributed by atoms with E-state index in [4.69, 9.17) is 0 Å². The van der Waals surface area contributed by atoms with Crippen LogP contribution in [-0.4, -0.2) is 29.4 Å². The van der Waals surface area contributed by atoms with Crippen molar-refractivity contribution in [2.24, 2.45) is 0 Å². The summed E-state index contributed by atoms with van der Waals surface area (Å²) in [4.78, 5) is 41.5. The van der Waals surface area contributed by atoms with Gasteiger partial charge in [0.05, 0.1) is 10.2 Å². The molecule has 4 rings (SSSR count). The Morgan fingerprint density at radius 2 is 1.96 bits per heavy atom. The second-order valence-electron chi connectivity index (χ2n) is 7.04. The third-order valence-electron chi connectivity index (χ3n) is 4.99. The van der Waals surface area contributed by atoms with Gasteiger partial charge in [-0.25, -0.2) is 14.7 Å². The standard InChI is InChI=1S/C20H22N4O3S/c25-17-8-9-18(26)24(17)20-23-15-7-6-14(12-16(15)28-20)22-19(27)21-11-10-13-4-2-1-3-5-13/h4,6-7,12H,1-3,5,8-11H2,(H2,21,22,27). The fourth-order valence-electron chi connectivity index (χ4n) is 3.52. The van der Waals surface area contributed by atoms with E-state index in [1.807, 2.05) is 6.07 Å². The highest BCUT2D eigenvalue weighted by Crippen LogP contribution is 2.33. The number of hydrogen-bond acceptors (Lipinski definition) is 5. The Labute approximate surface area is 166 Å². The number of imide groups is 1. The lowest BCUT2D eigenvalue weighted by atomic mass is 9.97. The number of benzene rings is 1. The average Bonchev–Trinajstić information content (AvgIpc) is 3.24. The molecular weight excluding hydrogens is 376 g/mol. The van der Waals surface area contributed by atoms with Crippen molar-refractivity contribution in [3.63, 3.8) is 0 Å². The topological polar surface area (TPSA) is 91.4 Å². The van der Waals surface area contributed by atoms with Gasteiger partial charge in [0.15, 0.2) is 5.13 Å². The van der Waals surface area contributed by atoms with E-state index in [1.165, 1.54) is 29.8 Å².